The first-order valence-electron chi connectivity index (χ1n) is 34.7. The molecule has 2 saturated carbocycles. The second-order valence-electron chi connectivity index (χ2n) is 28.9. The molecule has 0 radical (unpaired) electrons. The Morgan fingerprint density at radius 3 is 0.728 bits per heavy atom. The summed E-state index contributed by atoms with van der Waals surface area (Å²) in [5.74, 6) is 0. The van der Waals surface area contributed by atoms with E-state index in [1.807, 2.05) is 76.8 Å². The molecule has 516 valence electrons. The fourth-order valence-electron chi connectivity index (χ4n) is 9.47. The summed E-state index contributed by atoms with van der Waals surface area (Å²) in [6.45, 7) is 33.0. The summed E-state index contributed by atoms with van der Waals surface area (Å²) in [6.07, 6.45) is 29.5. The van der Waals surface area contributed by atoms with Crippen LogP contribution in [0.1, 0.15) is 219 Å². The van der Waals surface area contributed by atoms with E-state index in [0.717, 1.165) is 0 Å². The molecule has 0 unspecified atom stereocenters. The topological polar surface area (TPSA) is 6.48 Å². The third kappa shape index (κ3) is 31.5. The highest BCUT2D eigenvalue weighted by Crippen LogP contribution is 2.53. The smallest absolute Gasteiger partial charge is 0.0638 e. The maximum absolute atomic E-state index is 7.05. The van der Waals surface area contributed by atoms with Gasteiger partial charge in [-0.2, -0.15) is 47.0 Å². The lowest BCUT2D eigenvalue weighted by Crippen LogP contribution is -2.34. The molecule has 2 fully saturated rings. The number of thioether (sulfide) groups is 7. The maximum atomic E-state index is 7.05. The Morgan fingerprint density at radius 2 is 0.565 bits per heavy atom. The van der Waals surface area contributed by atoms with Crippen LogP contribution in [0.4, 0.5) is 0 Å². The van der Waals surface area contributed by atoms with Crippen LogP contribution in [0.2, 0.25) is 0 Å². The monoisotopic (exact) mass is 1380 g/mol. The van der Waals surface area contributed by atoms with Gasteiger partial charge in [-0.3, -0.25) is 0 Å². The number of nitrogens with zero attached hydrogens (tertiary/aromatic N) is 2. The zero-order valence-corrected chi connectivity index (χ0v) is 68.7. The lowest BCUT2D eigenvalue weighted by atomic mass is 9.90. The van der Waals surface area contributed by atoms with Crippen LogP contribution < -0.4 is 0 Å². The minimum absolute atomic E-state index is 0.0442. The molecule has 0 aliphatic heterocycles. The van der Waals surface area contributed by atoms with Crippen LogP contribution in [0.15, 0.2) is 170 Å². The predicted molar refractivity (Wildman–Crippen MR) is 441 cm³/mol. The van der Waals surface area contributed by atoms with Gasteiger partial charge in [0.05, 0.1) is 14.2 Å². The number of rotatable bonds is 9. The molecule has 3 aliphatic rings. The Morgan fingerprint density at radius 1 is 0.326 bits per heavy atom. The van der Waals surface area contributed by atoms with Crippen LogP contribution >= 0.6 is 82.3 Å². The third-order valence-electron chi connectivity index (χ3n) is 18.3. The molecular weight excluding hydrogens is 1250 g/mol. The van der Waals surface area contributed by atoms with Gasteiger partial charge < -0.3 is 9.80 Å². The van der Waals surface area contributed by atoms with Crippen molar-refractivity contribution in [2.45, 2.75) is 226 Å². The zero-order valence-electron chi connectivity index (χ0n) is 66.0. The standard InChI is InChI=1S/C15H14S.2C15H16S.2C8H16S.2C6H15N.2C5H12S/c1-15(16-2)13-9-5-3-7-11(13)12-8-4-6-10-14(12)15;2*1-15(16-2,13-9-5-3-6-10-13)14-11-7-4-8-12-14;2*1-8(9-2)6-4-3-5-7-8;2*1-6(2,3)7(4)5;2*1-5(2,3)6-4/h3-10H,1-2H3;2*3-12H,1-2H3;2*3-7H2,1-2H3;2*1-5H3;2*1-4H3/i;;;;;;;1D3;. The van der Waals surface area contributed by atoms with Gasteiger partial charge in [0.15, 0.2) is 0 Å². The summed E-state index contributed by atoms with van der Waals surface area (Å²) in [5.41, 5.74) is 11.8. The molecule has 9 rings (SSSR count). The Bertz CT molecular complexity index is 2680. The lowest BCUT2D eigenvalue weighted by Gasteiger charge is -2.31. The van der Waals surface area contributed by atoms with E-state index in [9.17, 15) is 0 Å². The predicted octanol–water partition coefficient (Wildman–Crippen LogP) is 26.1. The van der Waals surface area contributed by atoms with E-state index in [-0.39, 0.29) is 14.2 Å². The molecule has 6 aromatic carbocycles. The normalized spacial score (nSPS) is 15.9. The van der Waals surface area contributed by atoms with E-state index in [4.69, 9.17) is 4.11 Å². The van der Waals surface area contributed by atoms with Gasteiger partial charge in [0, 0.05) is 34.2 Å². The van der Waals surface area contributed by atoms with Crippen LogP contribution in [-0.2, 0) is 14.2 Å². The maximum Gasteiger partial charge on any atom is 0.0638 e. The van der Waals surface area contributed by atoms with Crippen molar-refractivity contribution < 1.29 is 4.11 Å². The van der Waals surface area contributed by atoms with Crippen molar-refractivity contribution in [3.63, 3.8) is 0 Å². The van der Waals surface area contributed by atoms with Gasteiger partial charge in [0.25, 0.3) is 0 Å². The summed E-state index contributed by atoms with van der Waals surface area (Å²) in [7, 11) is 8.33. The fraction of sp³-hybridized carbons (Fsp3) is 0.566. The van der Waals surface area contributed by atoms with E-state index in [2.05, 4.69) is 342 Å². The molecule has 0 saturated heterocycles. The fourth-order valence-corrected chi connectivity index (χ4v) is 13.1. The van der Waals surface area contributed by atoms with Crippen LogP contribution in [-0.4, -0.2) is 112 Å². The Labute approximate surface area is 603 Å². The minimum atomic E-state index is -1.84. The number of hydrogen-bond donors (Lipinski definition) is 0. The molecule has 0 spiro atoms. The molecule has 0 bridgehead atoms. The van der Waals surface area contributed by atoms with Gasteiger partial charge in [-0.25, -0.2) is 0 Å². The molecule has 0 heterocycles. The van der Waals surface area contributed by atoms with Gasteiger partial charge >= 0.3 is 0 Å². The molecule has 0 amide bonds. The van der Waals surface area contributed by atoms with Crippen LogP contribution in [0, 0.1) is 0 Å². The summed E-state index contributed by atoms with van der Waals surface area (Å²) >= 11 is 13.0. The zero-order chi connectivity index (χ0) is 72.6. The Balaban J connectivity index is 0.000000548. The highest BCUT2D eigenvalue weighted by Gasteiger charge is 2.38. The Kier molecular flexibility index (Phi) is 37.9. The van der Waals surface area contributed by atoms with E-state index < -0.39 is 11.6 Å². The quantitative estimate of drug-likeness (QED) is 0.138. The summed E-state index contributed by atoms with van der Waals surface area (Å²) in [4.78, 5) is 4.38. The van der Waals surface area contributed by atoms with E-state index >= 15 is 0 Å². The summed E-state index contributed by atoms with van der Waals surface area (Å²) < 4.78 is 22.5. The molecule has 3 aliphatic carbocycles. The average Bonchev–Trinajstić information content (AvgIpc) is 1.59. The molecule has 6 aromatic rings. The third-order valence-corrected chi connectivity index (χ3v) is 27.2. The van der Waals surface area contributed by atoms with Crippen LogP contribution in [0.3, 0.4) is 0 Å². The molecule has 92 heavy (non-hydrogen) atoms. The highest BCUT2D eigenvalue weighted by atomic mass is 32.2. The molecular formula is C83H132N2S7. The molecule has 0 N–H and O–H groups in total. The van der Waals surface area contributed by atoms with Crippen molar-refractivity contribution in [3.05, 3.63) is 203 Å². The second kappa shape index (κ2) is 42.5. The van der Waals surface area contributed by atoms with Crippen LogP contribution in [0.5, 0.6) is 0 Å². The SMILES string of the molecule is CN(C)C(C)(C)C.CN(C)C(C)(C)C.CSC(C)(C)C.CSC(C)(c1ccccc1)c1ccccc1.CSC(C)(c1ccccc1)c1ccccc1.CSC1(C)CCCCC1.CSC1(C)CCCCC1.CSC1(C)c2ccccc2-c2ccccc21.[2H]C([2H])([2H])C(C)(C)SC. The first-order chi connectivity index (χ1) is 44.1. The largest absolute Gasteiger partial charge is 0.305 e. The van der Waals surface area contributed by atoms with Gasteiger partial charge in [-0.1, -0.05) is 264 Å². The van der Waals surface area contributed by atoms with Crippen molar-refractivity contribution in [2.24, 2.45) is 0 Å². The van der Waals surface area contributed by atoms with Crippen molar-refractivity contribution in [1.29, 1.82) is 0 Å². The van der Waals surface area contributed by atoms with Gasteiger partial charge in [0.2, 0.25) is 0 Å². The van der Waals surface area contributed by atoms with Gasteiger partial charge in [-0.15, -0.1) is 35.3 Å². The Hall–Kier alpha value is -2.31. The van der Waals surface area contributed by atoms with Crippen molar-refractivity contribution in [2.75, 3.05) is 72.0 Å². The molecule has 2 nitrogen and oxygen atoms in total. The van der Waals surface area contributed by atoms with Crippen molar-refractivity contribution >= 4 is 82.3 Å². The van der Waals surface area contributed by atoms with Gasteiger partial charge in [-0.05, 0) is 204 Å². The van der Waals surface area contributed by atoms with E-state index in [1.54, 1.807) is 13.8 Å². The lowest BCUT2D eigenvalue weighted by molar-refractivity contribution is 0.219. The first kappa shape index (κ1) is 82.1. The molecule has 0 aromatic heterocycles. The minimum Gasteiger partial charge on any atom is -0.305 e. The number of hydrogen-bond acceptors (Lipinski definition) is 9. The second-order valence-corrected chi connectivity index (χ2v) is 38.4. The summed E-state index contributed by atoms with van der Waals surface area (Å²) in [5, 5.41) is 0. The number of fused-ring (bicyclic) bond motifs is 3. The summed E-state index contributed by atoms with van der Waals surface area (Å²) in [6, 6.07) is 60.2. The first-order valence-corrected chi connectivity index (χ1v) is 41.8. The molecule has 9 heteroatoms. The average molecular weight is 1390 g/mol. The van der Waals surface area contributed by atoms with Gasteiger partial charge in [0.1, 0.15) is 0 Å². The number of benzene rings is 6. The molecule has 0 atom stereocenters. The van der Waals surface area contributed by atoms with Crippen LogP contribution in [0.25, 0.3) is 11.1 Å². The van der Waals surface area contributed by atoms with E-state index in [0.29, 0.717) is 25.3 Å². The highest BCUT2D eigenvalue weighted by molar-refractivity contribution is 8.01. The van der Waals surface area contributed by atoms with Crippen molar-refractivity contribution in [1.82, 2.24) is 9.80 Å². The van der Waals surface area contributed by atoms with Crippen molar-refractivity contribution in [3.8, 4) is 11.1 Å². The van der Waals surface area contributed by atoms with E-state index in [1.165, 1.54) is 120 Å².